The molecule has 0 saturated heterocycles. The monoisotopic (exact) mass is 319 g/mol. The Hall–Kier alpha value is -1.39. The van der Waals surface area contributed by atoms with E-state index in [9.17, 15) is 0 Å². The van der Waals surface area contributed by atoms with Crippen molar-refractivity contribution >= 4 is 21.7 Å². The van der Waals surface area contributed by atoms with E-state index in [0.717, 1.165) is 28.1 Å². The van der Waals surface area contributed by atoms with Gasteiger partial charge in [0.15, 0.2) is 0 Å². The number of hydrogen-bond acceptors (Lipinski definition) is 3. The molecular formula is C15H18BrN3. The number of anilines is 1. The van der Waals surface area contributed by atoms with Gasteiger partial charge in [-0.05, 0) is 24.6 Å². The topological polar surface area (TPSA) is 42.1 Å². The van der Waals surface area contributed by atoms with E-state index in [1.165, 1.54) is 5.56 Å². The standard InChI is InChI=1S/C15H18BrN3/c1-11-7-8-12(9-17)15(18-11)19(2)10-13-5-3-4-6-14(13)16/h3-8H,9-10,17H2,1-2H3. The number of aromatic nitrogens is 1. The molecule has 0 spiro atoms. The van der Waals surface area contributed by atoms with Gasteiger partial charge in [-0.15, -0.1) is 0 Å². The van der Waals surface area contributed by atoms with Crippen LogP contribution in [-0.4, -0.2) is 12.0 Å². The summed E-state index contributed by atoms with van der Waals surface area (Å²) in [6, 6.07) is 12.3. The van der Waals surface area contributed by atoms with Crippen molar-refractivity contribution in [1.82, 2.24) is 4.98 Å². The van der Waals surface area contributed by atoms with Gasteiger partial charge in [0, 0.05) is 35.9 Å². The van der Waals surface area contributed by atoms with Crippen LogP contribution in [0.2, 0.25) is 0 Å². The maximum atomic E-state index is 5.79. The van der Waals surface area contributed by atoms with Gasteiger partial charge in [-0.1, -0.05) is 40.2 Å². The third-order valence-corrected chi connectivity index (χ3v) is 3.82. The SMILES string of the molecule is Cc1ccc(CN)c(N(C)Cc2ccccc2Br)n1. The number of hydrogen-bond donors (Lipinski definition) is 1. The number of nitrogens with two attached hydrogens (primary N) is 1. The number of aryl methyl sites for hydroxylation is 1. The zero-order chi connectivity index (χ0) is 13.8. The quantitative estimate of drug-likeness (QED) is 0.940. The van der Waals surface area contributed by atoms with E-state index in [2.05, 4.69) is 37.9 Å². The summed E-state index contributed by atoms with van der Waals surface area (Å²) in [6.07, 6.45) is 0. The molecule has 100 valence electrons. The Morgan fingerprint density at radius 1 is 1.16 bits per heavy atom. The molecule has 0 amide bonds. The van der Waals surface area contributed by atoms with E-state index in [0.29, 0.717) is 6.54 Å². The van der Waals surface area contributed by atoms with Gasteiger partial charge in [0.2, 0.25) is 0 Å². The zero-order valence-corrected chi connectivity index (χ0v) is 12.8. The molecular weight excluding hydrogens is 302 g/mol. The van der Waals surface area contributed by atoms with Crippen LogP contribution in [0, 0.1) is 6.92 Å². The Morgan fingerprint density at radius 2 is 1.89 bits per heavy atom. The first-order valence-electron chi connectivity index (χ1n) is 6.23. The predicted molar refractivity (Wildman–Crippen MR) is 83.1 cm³/mol. The summed E-state index contributed by atoms with van der Waals surface area (Å²) in [6.45, 7) is 3.30. The van der Waals surface area contributed by atoms with E-state index in [4.69, 9.17) is 5.73 Å². The van der Waals surface area contributed by atoms with Crippen molar-refractivity contribution in [1.29, 1.82) is 0 Å². The first-order valence-corrected chi connectivity index (χ1v) is 7.02. The second-order valence-electron chi connectivity index (χ2n) is 4.59. The van der Waals surface area contributed by atoms with Gasteiger partial charge in [-0.3, -0.25) is 0 Å². The molecule has 0 unspecified atom stereocenters. The molecule has 0 aliphatic heterocycles. The summed E-state index contributed by atoms with van der Waals surface area (Å²) in [7, 11) is 2.04. The Kier molecular flexibility index (Phi) is 4.56. The molecule has 2 N–H and O–H groups in total. The lowest BCUT2D eigenvalue weighted by Gasteiger charge is -2.22. The smallest absolute Gasteiger partial charge is 0.133 e. The first-order chi connectivity index (χ1) is 9.11. The molecule has 1 aromatic carbocycles. The van der Waals surface area contributed by atoms with Gasteiger partial charge in [-0.25, -0.2) is 4.98 Å². The maximum absolute atomic E-state index is 5.79. The van der Waals surface area contributed by atoms with Crippen LogP contribution >= 0.6 is 15.9 Å². The molecule has 0 fully saturated rings. The summed E-state index contributed by atoms with van der Waals surface area (Å²) in [5.74, 6) is 0.957. The first kappa shape index (κ1) is 14.0. The minimum Gasteiger partial charge on any atom is -0.355 e. The Bertz CT molecular complexity index is 569. The minimum atomic E-state index is 0.503. The summed E-state index contributed by atoms with van der Waals surface area (Å²) in [4.78, 5) is 6.73. The summed E-state index contributed by atoms with van der Waals surface area (Å²) in [5, 5.41) is 0. The van der Waals surface area contributed by atoms with Crippen molar-refractivity contribution in [2.45, 2.75) is 20.0 Å². The van der Waals surface area contributed by atoms with Crippen molar-refractivity contribution in [3.05, 3.63) is 57.7 Å². The van der Waals surface area contributed by atoms with Crippen LogP contribution in [0.1, 0.15) is 16.8 Å². The second-order valence-corrected chi connectivity index (χ2v) is 5.44. The summed E-state index contributed by atoms with van der Waals surface area (Å²) in [5.41, 5.74) is 9.09. The second kappa shape index (κ2) is 6.17. The summed E-state index contributed by atoms with van der Waals surface area (Å²) >= 11 is 3.58. The van der Waals surface area contributed by atoms with Gasteiger partial charge >= 0.3 is 0 Å². The van der Waals surface area contributed by atoms with E-state index in [1.807, 2.05) is 38.2 Å². The average molecular weight is 320 g/mol. The van der Waals surface area contributed by atoms with E-state index in [1.54, 1.807) is 0 Å². The lowest BCUT2D eigenvalue weighted by molar-refractivity contribution is 0.867. The van der Waals surface area contributed by atoms with Gasteiger partial charge in [-0.2, -0.15) is 0 Å². The van der Waals surface area contributed by atoms with Crippen LogP contribution in [-0.2, 0) is 13.1 Å². The number of benzene rings is 1. The average Bonchev–Trinajstić information content (AvgIpc) is 2.41. The normalized spacial score (nSPS) is 10.5. The fourth-order valence-corrected chi connectivity index (χ4v) is 2.43. The minimum absolute atomic E-state index is 0.503. The van der Waals surface area contributed by atoms with E-state index < -0.39 is 0 Å². The third-order valence-electron chi connectivity index (χ3n) is 3.04. The summed E-state index contributed by atoms with van der Waals surface area (Å²) < 4.78 is 1.11. The Balaban J connectivity index is 2.27. The molecule has 0 radical (unpaired) electrons. The van der Waals surface area contributed by atoms with Crippen LogP contribution in [0.3, 0.4) is 0 Å². The van der Waals surface area contributed by atoms with Crippen molar-refractivity contribution < 1.29 is 0 Å². The molecule has 1 heterocycles. The highest BCUT2D eigenvalue weighted by Gasteiger charge is 2.10. The molecule has 19 heavy (non-hydrogen) atoms. The molecule has 1 aromatic heterocycles. The molecule has 2 rings (SSSR count). The maximum Gasteiger partial charge on any atom is 0.133 e. The van der Waals surface area contributed by atoms with E-state index >= 15 is 0 Å². The highest BCUT2D eigenvalue weighted by molar-refractivity contribution is 9.10. The van der Waals surface area contributed by atoms with Gasteiger partial charge in [0.1, 0.15) is 5.82 Å². The molecule has 0 aliphatic carbocycles. The van der Waals surface area contributed by atoms with Crippen LogP contribution in [0.15, 0.2) is 40.9 Å². The fourth-order valence-electron chi connectivity index (χ4n) is 2.02. The van der Waals surface area contributed by atoms with Gasteiger partial charge in [0.05, 0.1) is 0 Å². The molecule has 3 nitrogen and oxygen atoms in total. The molecule has 2 aromatic rings. The molecule has 0 atom stereocenters. The van der Waals surface area contributed by atoms with Gasteiger partial charge < -0.3 is 10.6 Å². The van der Waals surface area contributed by atoms with Crippen LogP contribution in [0.5, 0.6) is 0 Å². The van der Waals surface area contributed by atoms with Gasteiger partial charge in [0.25, 0.3) is 0 Å². The van der Waals surface area contributed by atoms with Crippen molar-refractivity contribution in [3.8, 4) is 0 Å². The number of rotatable bonds is 4. The Morgan fingerprint density at radius 3 is 2.58 bits per heavy atom. The molecule has 0 aliphatic rings. The van der Waals surface area contributed by atoms with Crippen LogP contribution < -0.4 is 10.6 Å². The zero-order valence-electron chi connectivity index (χ0n) is 11.2. The highest BCUT2D eigenvalue weighted by atomic mass is 79.9. The largest absolute Gasteiger partial charge is 0.355 e. The van der Waals surface area contributed by atoms with Crippen molar-refractivity contribution in [2.75, 3.05) is 11.9 Å². The Labute approximate surface area is 122 Å². The lowest BCUT2D eigenvalue weighted by atomic mass is 10.2. The third kappa shape index (κ3) is 3.33. The van der Waals surface area contributed by atoms with Crippen molar-refractivity contribution in [3.63, 3.8) is 0 Å². The molecule has 4 heteroatoms. The van der Waals surface area contributed by atoms with Crippen molar-refractivity contribution in [2.24, 2.45) is 5.73 Å². The number of nitrogens with zero attached hydrogens (tertiary/aromatic N) is 2. The molecule has 0 saturated carbocycles. The van der Waals surface area contributed by atoms with Crippen LogP contribution in [0.25, 0.3) is 0 Å². The number of pyridine rings is 1. The fraction of sp³-hybridized carbons (Fsp3) is 0.267. The lowest BCUT2D eigenvalue weighted by Crippen LogP contribution is -2.21. The van der Waals surface area contributed by atoms with E-state index in [-0.39, 0.29) is 0 Å². The number of halogens is 1. The highest BCUT2D eigenvalue weighted by Crippen LogP contribution is 2.22. The predicted octanol–water partition coefficient (Wildman–Crippen LogP) is 3.25. The molecule has 0 bridgehead atoms. The van der Waals surface area contributed by atoms with Crippen LogP contribution in [0.4, 0.5) is 5.82 Å².